The van der Waals surface area contributed by atoms with E-state index in [4.69, 9.17) is 9.47 Å². The molecule has 184 valence electrons. The maximum atomic E-state index is 12.1. The number of carbonyl (C=O) groups is 1. The van der Waals surface area contributed by atoms with Crippen LogP contribution in [0.5, 0.6) is 0 Å². The van der Waals surface area contributed by atoms with E-state index in [2.05, 4.69) is 21.9 Å². The zero-order valence-corrected chi connectivity index (χ0v) is 19.9. The van der Waals surface area contributed by atoms with E-state index in [9.17, 15) is 15.0 Å². The molecule has 1 aliphatic rings. The Bertz CT molecular complexity index is 889. The smallest absolute Gasteiger partial charge is 0.305 e. The van der Waals surface area contributed by atoms with Crippen LogP contribution in [0.2, 0.25) is 0 Å². The molecule has 3 rings (SSSR count). The molecule has 4 atom stereocenters. The molecule has 2 aromatic heterocycles. The molecule has 0 amide bonds. The number of imidazole rings is 1. The van der Waals surface area contributed by atoms with E-state index in [-0.39, 0.29) is 12.6 Å². The van der Waals surface area contributed by atoms with Crippen molar-refractivity contribution in [2.24, 2.45) is 0 Å². The van der Waals surface area contributed by atoms with Crippen LogP contribution in [-0.2, 0) is 14.3 Å². The fourth-order valence-corrected chi connectivity index (χ4v) is 4.10. The normalized spacial score (nSPS) is 22.7. The summed E-state index contributed by atoms with van der Waals surface area (Å²) in [7, 11) is 3.70. The summed E-state index contributed by atoms with van der Waals surface area (Å²) in [6.45, 7) is 2.09. The van der Waals surface area contributed by atoms with Gasteiger partial charge < -0.3 is 24.6 Å². The lowest BCUT2D eigenvalue weighted by atomic mass is 10.1. The van der Waals surface area contributed by atoms with Crippen LogP contribution in [0.15, 0.2) is 12.7 Å². The van der Waals surface area contributed by atoms with E-state index >= 15 is 0 Å². The highest BCUT2D eigenvalue weighted by Gasteiger charge is 2.45. The lowest BCUT2D eigenvalue weighted by Gasteiger charge is -2.17. The minimum atomic E-state index is -1.21. The zero-order valence-electron chi connectivity index (χ0n) is 19.9. The van der Waals surface area contributed by atoms with Crippen molar-refractivity contribution in [2.45, 2.75) is 89.3 Å². The van der Waals surface area contributed by atoms with E-state index in [0.717, 1.165) is 19.3 Å². The molecule has 0 aliphatic carbocycles. The second-order valence-corrected chi connectivity index (χ2v) is 8.87. The predicted molar refractivity (Wildman–Crippen MR) is 124 cm³/mol. The van der Waals surface area contributed by atoms with Gasteiger partial charge in [-0.1, -0.05) is 51.9 Å². The van der Waals surface area contributed by atoms with Gasteiger partial charge in [0.2, 0.25) is 0 Å². The van der Waals surface area contributed by atoms with E-state index < -0.39 is 24.5 Å². The van der Waals surface area contributed by atoms with Gasteiger partial charge in [-0.15, -0.1) is 0 Å². The van der Waals surface area contributed by atoms with Crippen LogP contribution >= 0.6 is 0 Å². The van der Waals surface area contributed by atoms with Crippen molar-refractivity contribution in [1.82, 2.24) is 19.5 Å². The molecule has 0 saturated carbocycles. The van der Waals surface area contributed by atoms with Crippen molar-refractivity contribution >= 4 is 23.0 Å². The van der Waals surface area contributed by atoms with Crippen LogP contribution in [0.3, 0.4) is 0 Å². The second kappa shape index (κ2) is 12.2. The molecule has 2 N–H and O–H groups in total. The largest absolute Gasteiger partial charge is 0.463 e. The Morgan fingerprint density at radius 3 is 2.45 bits per heavy atom. The number of hydrogen-bond acceptors (Lipinski definition) is 9. The molecule has 1 fully saturated rings. The number of ether oxygens (including phenoxy) is 2. The predicted octanol–water partition coefficient (Wildman–Crippen LogP) is 2.59. The molecule has 0 unspecified atom stereocenters. The zero-order chi connectivity index (χ0) is 23.8. The molecule has 0 radical (unpaired) electrons. The van der Waals surface area contributed by atoms with Gasteiger partial charge in [0.15, 0.2) is 23.2 Å². The van der Waals surface area contributed by atoms with Crippen molar-refractivity contribution in [3.8, 4) is 0 Å². The Kier molecular flexibility index (Phi) is 9.40. The minimum Gasteiger partial charge on any atom is -0.463 e. The van der Waals surface area contributed by atoms with Gasteiger partial charge in [0.05, 0.1) is 6.33 Å². The molecule has 33 heavy (non-hydrogen) atoms. The molecule has 0 spiro atoms. The van der Waals surface area contributed by atoms with E-state index in [1.165, 1.54) is 44.8 Å². The molecule has 1 saturated heterocycles. The second-order valence-electron chi connectivity index (χ2n) is 8.87. The van der Waals surface area contributed by atoms with Crippen LogP contribution in [0.25, 0.3) is 11.2 Å². The number of rotatable bonds is 13. The Balaban J connectivity index is 1.47. The number of aliphatic hydroxyl groups excluding tert-OH is 2. The standard InChI is InChI=1S/C23H37N5O5/c1-4-5-6-7-8-9-10-11-12-17(29)32-13-16-19(30)20(31)23(33-16)28-15-26-18-21(27(2)3)24-14-25-22(18)28/h14-16,19-20,23,30-31H,4-13H2,1-3H3/t16-,19-,20-,23-/m1/s1. The van der Waals surface area contributed by atoms with Crippen molar-refractivity contribution in [1.29, 1.82) is 0 Å². The first-order valence-corrected chi connectivity index (χ1v) is 12.0. The van der Waals surface area contributed by atoms with Gasteiger partial charge >= 0.3 is 5.97 Å². The highest BCUT2D eigenvalue weighted by Crippen LogP contribution is 2.32. The number of aliphatic hydroxyl groups is 2. The molecular weight excluding hydrogens is 426 g/mol. The molecule has 1 aliphatic heterocycles. The van der Waals surface area contributed by atoms with Crippen molar-refractivity contribution < 1.29 is 24.5 Å². The lowest BCUT2D eigenvalue weighted by Crippen LogP contribution is -2.34. The number of nitrogens with zero attached hydrogens (tertiary/aromatic N) is 5. The maximum absolute atomic E-state index is 12.1. The number of fused-ring (bicyclic) bond motifs is 1. The van der Waals surface area contributed by atoms with Crippen molar-refractivity contribution in [3.05, 3.63) is 12.7 Å². The summed E-state index contributed by atoms with van der Waals surface area (Å²) in [6, 6.07) is 0. The van der Waals surface area contributed by atoms with Crippen LogP contribution in [0.1, 0.15) is 70.9 Å². The van der Waals surface area contributed by atoms with Crippen LogP contribution in [-0.4, -0.2) is 74.7 Å². The molecule has 0 aromatic carbocycles. The Morgan fingerprint density at radius 1 is 1.06 bits per heavy atom. The first kappa shape index (κ1) is 25.3. The van der Waals surface area contributed by atoms with Crippen molar-refractivity contribution in [3.63, 3.8) is 0 Å². The highest BCUT2D eigenvalue weighted by atomic mass is 16.6. The van der Waals surface area contributed by atoms with Gasteiger partial charge in [-0.25, -0.2) is 15.0 Å². The Labute approximate surface area is 194 Å². The number of esters is 1. The number of hydrogen-bond donors (Lipinski definition) is 2. The van der Waals surface area contributed by atoms with Crippen LogP contribution in [0.4, 0.5) is 5.82 Å². The summed E-state index contributed by atoms with van der Waals surface area (Å²) in [5.74, 6) is 0.324. The SMILES string of the molecule is CCCCCCCCCCC(=O)OC[C@H]1O[C@@H](n2cnc3c(N(C)C)ncnc32)[C@H](O)[C@@H]1O. The van der Waals surface area contributed by atoms with Crippen LogP contribution < -0.4 is 4.90 Å². The summed E-state index contributed by atoms with van der Waals surface area (Å²) >= 11 is 0. The minimum absolute atomic E-state index is 0.116. The lowest BCUT2D eigenvalue weighted by molar-refractivity contribution is -0.150. The number of carbonyl (C=O) groups excluding carboxylic acids is 1. The first-order valence-electron chi connectivity index (χ1n) is 12.0. The van der Waals surface area contributed by atoms with Gasteiger partial charge in [-0.05, 0) is 6.42 Å². The Hall–Kier alpha value is -2.30. The van der Waals surface area contributed by atoms with Crippen LogP contribution in [0, 0.1) is 0 Å². The van der Waals surface area contributed by atoms with Gasteiger partial charge in [0.25, 0.3) is 0 Å². The fourth-order valence-electron chi connectivity index (χ4n) is 4.10. The van der Waals surface area contributed by atoms with Gasteiger partial charge in [0, 0.05) is 20.5 Å². The third-order valence-electron chi connectivity index (χ3n) is 6.02. The summed E-state index contributed by atoms with van der Waals surface area (Å²) < 4.78 is 12.7. The van der Waals surface area contributed by atoms with E-state index in [1.54, 1.807) is 4.57 Å². The summed E-state index contributed by atoms with van der Waals surface area (Å²) in [5.41, 5.74) is 1.05. The molecular formula is C23H37N5O5. The monoisotopic (exact) mass is 463 g/mol. The fraction of sp³-hybridized carbons (Fsp3) is 0.739. The molecule has 10 nitrogen and oxygen atoms in total. The Morgan fingerprint density at radius 2 is 1.76 bits per heavy atom. The maximum Gasteiger partial charge on any atom is 0.305 e. The third kappa shape index (κ3) is 6.39. The topological polar surface area (TPSA) is 123 Å². The van der Waals surface area contributed by atoms with Gasteiger partial charge in [-0.3, -0.25) is 9.36 Å². The summed E-state index contributed by atoms with van der Waals surface area (Å²) in [4.78, 5) is 26.7. The van der Waals surface area contributed by atoms with Gasteiger partial charge in [0.1, 0.15) is 31.2 Å². The quantitative estimate of drug-likeness (QED) is 0.341. The number of anilines is 1. The molecule has 2 aromatic rings. The third-order valence-corrected chi connectivity index (χ3v) is 6.02. The van der Waals surface area contributed by atoms with Crippen molar-refractivity contribution in [2.75, 3.05) is 25.6 Å². The number of aromatic nitrogens is 4. The van der Waals surface area contributed by atoms with E-state index in [0.29, 0.717) is 23.4 Å². The average molecular weight is 464 g/mol. The highest BCUT2D eigenvalue weighted by molar-refractivity contribution is 5.83. The molecule has 10 heteroatoms. The molecule has 3 heterocycles. The van der Waals surface area contributed by atoms with Gasteiger partial charge in [-0.2, -0.15) is 0 Å². The number of unbranched alkanes of at least 4 members (excludes halogenated alkanes) is 7. The summed E-state index contributed by atoms with van der Waals surface area (Å²) in [6.07, 6.45) is 8.35. The molecule has 0 bridgehead atoms. The first-order chi connectivity index (χ1) is 15.9. The van der Waals surface area contributed by atoms with E-state index in [1.807, 2.05) is 19.0 Å². The summed E-state index contributed by atoms with van der Waals surface area (Å²) in [5, 5.41) is 21.0. The average Bonchev–Trinajstić information content (AvgIpc) is 3.35.